The Bertz CT molecular complexity index is 150. The minimum absolute atomic E-state index is 0.0306. The van der Waals surface area contributed by atoms with Crippen LogP contribution in [0.5, 0.6) is 0 Å². The molecule has 84 valence electrons. The van der Waals surface area contributed by atoms with Crippen molar-refractivity contribution in [3.05, 3.63) is 0 Å². The first-order valence-corrected chi connectivity index (χ1v) is 4.80. The standard InChI is InChI=1S/C9H19NO4/c1-8(2)14-9(12)10-4-3-6-13-7-5-11/h8,11H,3-7H2,1-2H3,(H,10,12). The van der Waals surface area contributed by atoms with E-state index in [-0.39, 0.29) is 12.7 Å². The highest BCUT2D eigenvalue weighted by Crippen LogP contribution is 1.88. The second-order valence-electron chi connectivity index (χ2n) is 3.07. The Morgan fingerprint density at radius 2 is 2.14 bits per heavy atom. The van der Waals surface area contributed by atoms with Gasteiger partial charge < -0.3 is 19.9 Å². The average Bonchev–Trinajstić information content (AvgIpc) is 2.10. The summed E-state index contributed by atoms with van der Waals surface area (Å²) in [7, 11) is 0. The molecule has 0 bridgehead atoms. The minimum atomic E-state index is -0.401. The molecule has 0 aromatic heterocycles. The van der Waals surface area contributed by atoms with Gasteiger partial charge in [-0.15, -0.1) is 0 Å². The second kappa shape index (κ2) is 8.77. The lowest BCUT2D eigenvalue weighted by Crippen LogP contribution is -2.28. The molecule has 0 rings (SSSR count). The number of carbonyl (C=O) groups is 1. The molecular formula is C9H19NO4. The smallest absolute Gasteiger partial charge is 0.407 e. The summed E-state index contributed by atoms with van der Waals surface area (Å²) in [5, 5.41) is 11.0. The zero-order chi connectivity index (χ0) is 10.8. The van der Waals surface area contributed by atoms with Gasteiger partial charge in [0.05, 0.1) is 19.3 Å². The maximum Gasteiger partial charge on any atom is 0.407 e. The fourth-order valence-corrected chi connectivity index (χ4v) is 0.787. The molecule has 14 heavy (non-hydrogen) atoms. The molecule has 0 radical (unpaired) electrons. The monoisotopic (exact) mass is 205 g/mol. The summed E-state index contributed by atoms with van der Waals surface area (Å²) in [6.07, 6.45) is 0.218. The van der Waals surface area contributed by atoms with Crippen molar-refractivity contribution in [1.82, 2.24) is 5.32 Å². The van der Waals surface area contributed by atoms with Gasteiger partial charge in [0.2, 0.25) is 0 Å². The summed E-state index contributed by atoms with van der Waals surface area (Å²) in [6.45, 7) is 5.02. The molecule has 0 aliphatic carbocycles. The molecule has 0 fully saturated rings. The summed E-state index contributed by atoms with van der Waals surface area (Å²) < 4.78 is 9.85. The Kier molecular flexibility index (Phi) is 8.27. The summed E-state index contributed by atoms with van der Waals surface area (Å²) >= 11 is 0. The van der Waals surface area contributed by atoms with Crippen molar-refractivity contribution in [2.45, 2.75) is 26.4 Å². The number of carbonyl (C=O) groups excluding carboxylic acids is 1. The highest BCUT2D eigenvalue weighted by molar-refractivity contribution is 5.67. The molecule has 0 saturated carbocycles. The fraction of sp³-hybridized carbons (Fsp3) is 0.889. The minimum Gasteiger partial charge on any atom is -0.447 e. The van der Waals surface area contributed by atoms with E-state index in [1.54, 1.807) is 13.8 Å². The van der Waals surface area contributed by atoms with Crippen LogP contribution >= 0.6 is 0 Å². The summed E-state index contributed by atoms with van der Waals surface area (Å²) in [6, 6.07) is 0. The Labute approximate surface area is 84.4 Å². The van der Waals surface area contributed by atoms with Crippen LogP contribution in [0, 0.1) is 0 Å². The van der Waals surface area contributed by atoms with Gasteiger partial charge in [0, 0.05) is 13.2 Å². The maximum absolute atomic E-state index is 10.9. The molecule has 2 N–H and O–H groups in total. The molecule has 0 unspecified atom stereocenters. The number of alkyl carbamates (subject to hydrolysis) is 1. The highest BCUT2D eigenvalue weighted by atomic mass is 16.6. The van der Waals surface area contributed by atoms with E-state index >= 15 is 0 Å². The van der Waals surface area contributed by atoms with Crippen molar-refractivity contribution >= 4 is 6.09 Å². The first-order valence-electron chi connectivity index (χ1n) is 4.80. The zero-order valence-electron chi connectivity index (χ0n) is 8.78. The number of amides is 1. The molecule has 0 aliphatic heterocycles. The van der Waals surface area contributed by atoms with Crippen LogP contribution < -0.4 is 5.32 Å². The van der Waals surface area contributed by atoms with Crippen molar-refractivity contribution in [2.24, 2.45) is 0 Å². The van der Waals surface area contributed by atoms with Crippen molar-refractivity contribution in [2.75, 3.05) is 26.4 Å². The molecule has 0 saturated heterocycles. The number of rotatable bonds is 7. The van der Waals surface area contributed by atoms with Crippen LogP contribution in [0.25, 0.3) is 0 Å². The van der Waals surface area contributed by atoms with Crippen molar-refractivity contribution in [3.63, 3.8) is 0 Å². The fourth-order valence-electron chi connectivity index (χ4n) is 0.787. The van der Waals surface area contributed by atoms with Gasteiger partial charge in [-0.3, -0.25) is 0 Å². The largest absolute Gasteiger partial charge is 0.447 e. The summed E-state index contributed by atoms with van der Waals surface area (Å²) in [5.74, 6) is 0. The Hall–Kier alpha value is -0.810. The van der Waals surface area contributed by atoms with Crippen LogP contribution in [-0.2, 0) is 9.47 Å². The van der Waals surface area contributed by atoms with Gasteiger partial charge in [-0.25, -0.2) is 4.79 Å². The van der Waals surface area contributed by atoms with E-state index in [1.165, 1.54) is 0 Å². The quantitative estimate of drug-likeness (QED) is 0.595. The molecule has 0 aromatic rings. The Balaban J connectivity index is 3.15. The molecule has 0 heterocycles. The Morgan fingerprint density at radius 3 is 2.71 bits per heavy atom. The van der Waals surface area contributed by atoms with Gasteiger partial charge in [-0.05, 0) is 20.3 Å². The molecule has 0 atom stereocenters. The van der Waals surface area contributed by atoms with Crippen LogP contribution in [0.3, 0.4) is 0 Å². The molecule has 5 heteroatoms. The lowest BCUT2D eigenvalue weighted by molar-refractivity contribution is 0.0884. The first kappa shape index (κ1) is 13.2. The van der Waals surface area contributed by atoms with Gasteiger partial charge in [-0.1, -0.05) is 0 Å². The van der Waals surface area contributed by atoms with Gasteiger partial charge in [0.25, 0.3) is 0 Å². The van der Waals surface area contributed by atoms with Gasteiger partial charge in [-0.2, -0.15) is 0 Å². The third kappa shape index (κ3) is 9.28. The number of ether oxygens (including phenoxy) is 2. The normalized spacial score (nSPS) is 10.3. The third-order valence-corrected chi connectivity index (χ3v) is 1.31. The number of aliphatic hydroxyl groups is 1. The number of hydrogen-bond acceptors (Lipinski definition) is 4. The van der Waals surface area contributed by atoms with Crippen molar-refractivity contribution in [3.8, 4) is 0 Å². The lowest BCUT2D eigenvalue weighted by atomic mass is 10.4. The maximum atomic E-state index is 10.9. The molecule has 5 nitrogen and oxygen atoms in total. The van der Waals surface area contributed by atoms with Crippen LogP contribution in [0.1, 0.15) is 20.3 Å². The highest BCUT2D eigenvalue weighted by Gasteiger charge is 2.02. The number of aliphatic hydroxyl groups excluding tert-OH is 1. The van der Waals surface area contributed by atoms with E-state index in [2.05, 4.69) is 5.32 Å². The van der Waals surface area contributed by atoms with Crippen LogP contribution in [0.2, 0.25) is 0 Å². The summed E-state index contributed by atoms with van der Waals surface area (Å²) in [4.78, 5) is 10.9. The SMILES string of the molecule is CC(C)OC(=O)NCCCOCCO. The van der Waals surface area contributed by atoms with Crippen LogP contribution in [0.4, 0.5) is 4.79 Å². The Morgan fingerprint density at radius 1 is 1.43 bits per heavy atom. The van der Waals surface area contributed by atoms with Crippen LogP contribution in [0.15, 0.2) is 0 Å². The van der Waals surface area contributed by atoms with E-state index < -0.39 is 6.09 Å². The van der Waals surface area contributed by atoms with E-state index in [0.717, 1.165) is 0 Å². The second-order valence-corrected chi connectivity index (χ2v) is 3.07. The average molecular weight is 205 g/mol. The topological polar surface area (TPSA) is 67.8 Å². The molecule has 0 spiro atoms. The molecule has 0 aromatic carbocycles. The van der Waals surface area contributed by atoms with Crippen LogP contribution in [-0.4, -0.2) is 43.7 Å². The molecular weight excluding hydrogens is 186 g/mol. The van der Waals surface area contributed by atoms with E-state index in [4.69, 9.17) is 14.6 Å². The lowest BCUT2D eigenvalue weighted by Gasteiger charge is -2.09. The number of nitrogens with one attached hydrogen (secondary N) is 1. The van der Waals surface area contributed by atoms with Gasteiger partial charge in [0.15, 0.2) is 0 Å². The third-order valence-electron chi connectivity index (χ3n) is 1.31. The molecule has 1 amide bonds. The van der Waals surface area contributed by atoms with Crippen molar-refractivity contribution in [1.29, 1.82) is 0 Å². The molecule has 0 aliphatic rings. The summed E-state index contributed by atoms with van der Waals surface area (Å²) in [5.41, 5.74) is 0. The number of hydrogen-bond donors (Lipinski definition) is 2. The van der Waals surface area contributed by atoms with Gasteiger partial charge in [0.1, 0.15) is 0 Å². The van der Waals surface area contributed by atoms with E-state index in [1.807, 2.05) is 0 Å². The van der Waals surface area contributed by atoms with Crippen molar-refractivity contribution < 1.29 is 19.4 Å². The predicted molar refractivity (Wildman–Crippen MR) is 52.1 cm³/mol. The predicted octanol–water partition coefficient (Wildman–Crippen LogP) is 0.520. The zero-order valence-corrected chi connectivity index (χ0v) is 8.78. The first-order chi connectivity index (χ1) is 6.66. The van der Waals surface area contributed by atoms with E-state index in [0.29, 0.717) is 26.2 Å². The van der Waals surface area contributed by atoms with E-state index in [9.17, 15) is 4.79 Å². The van der Waals surface area contributed by atoms with Gasteiger partial charge >= 0.3 is 6.09 Å².